The fourth-order valence-corrected chi connectivity index (χ4v) is 2.36. The zero-order valence-electron chi connectivity index (χ0n) is 8.50. The summed E-state index contributed by atoms with van der Waals surface area (Å²) in [4.78, 5) is 11.2. The van der Waals surface area contributed by atoms with Crippen LogP contribution in [0.25, 0.3) is 0 Å². The first kappa shape index (κ1) is 10.6. The number of carbonyl (C=O) groups is 1. The van der Waals surface area contributed by atoms with Crippen molar-refractivity contribution >= 4 is 21.7 Å². The van der Waals surface area contributed by atoms with Gasteiger partial charge < -0.3 is 0 Å². The Labute approximate surface area is 98.3 Å². The summed E-state index contributed by atoms with van der Waals surface area (Å²) in [6.45, 7) is 0. The highest BCUT2D eigenvalue weighted by molar-refractivity contribution is 9.10. The van der Waals surface area contributed by atoms with Crippen molar-refractivity contribution in [3.8, 4) is 0 Å². The second-order valence-corrected chi connectivity index (χ2v) is 4.84. The molecule has 0 unspecified atom stereocenters. The van der Waals surface area contributed by atoms with E-state index in [4.69, 9.17) is 0 Å². The van der Waals surface area contributed by atoms with Crippen LogP contribution in [0.15, 0.2) is 40.4 Å². The maximum Gasteiger partial charge on any atom is 0.155 e. The predicted molar refractivity (Wildman–Crippen MR) is 64.8 cm³/mol. The van der Waals surface area contributed by atoms with Gasteiger partial charge in [-0.3, -0.25) is 4.79 Å². The second-order valence-electron chi connectivity index (χ2n) is 3.93. The van der Waals surface area contributed by atoms with Crippen molar-refractivity contribution in [1.82, 2.24) is 0 Å². The molecule has 15 heavy (non-hydrogen) atoms. The van der Waals surface area contributed by atoms with Gasteiger partial charge in [-0.15, -0.1) is 0 Å². The standard InChI is InChI=1S/C13H13BrO/c14-12-5-1-3-10(8-12)7-11-4-2-6-13(15)9-11/h1,3,5,8-9H,2,4,6-7H2. The van der Waals surface area contributed by atoms with Gasteiger partial charge in [0.1, 0.15) is 0 Å². The molecule has 78 valence electrons. The number of allylic oxidation sites excluding steroid dienone is 2. The molecule has 2 heteroatoms. The quantitative estimate of drug-likeness (QED) is 0.797. The average molecular weight is 265 g/mol. The summed E-state index contributed by atoms with van der Waals surface area (Å²) >= 11 is 3.45. The lowest BCUT2D eigenvalue weighted by Crippen LogP contribution is -2.04. The molecule has 2 rings (SSSR count). The molecule has 0 saturated heterocycles. The van der Waals surface area contributed by atoms with E-state index < -0.39 is 0 Å². The van der Waals surface area contributed by atoms with E-state index in [0.717, 1.165) is 30.2 Å². The second kappa shape index (κ2) is 4.75. The molecule has 1 aromatic rings. The maximum atomic E-state index is 11.2. The summed E-state index contributed by atoms with van der Waals surface area (Å²) in [5.74, 6) is 0.284. The Hall–Kier alpha value is -0.890. The molecule has 0 atom stereocenters. The summed E-state index contributed by atoms with van der Waals surface area (Å²) in [6, 6.07) is 8.26. The molecule has 1 aromatic carbocycles. The molecule has 1 aliphatic carbocycles. The zero-order chi connectivity index (χ0) is 10.7. The largest absolute Gasteiger partial charge is 0.295 e. The minimum Gasteiger partial charge on any atom is -0.295 e. The van der Waals surface area contributed by atoms with E-state index in [1.165, 1.54) is 11.1 Å². The van der Waals surface area contributed by atoms with Crippen molar-refractivity contribution in [2.45, 2.75) is 25.7 Å². The lowest BCUT2D eigenvalue weighted by Gasteiger charge is -2.11. The Morgan fingerprint density at radius 1 is 1.27 bits per heavy atom. The van der Waals surface area contributed by atoms with Gasteiger partial charge in [0.05, 0.1) is 0 Å². The fourth-order valence-electron chi connectivity index (χ4n) is 1.91. The average Bonchev–Trinajstić information content (AvgIpc) is 2.17. The monoisotopic (exact) mass is 264 g/mol. The van der Waals surface area contributed by atoms with Gasteiger partial charge in [-0.05, 0) is 43.0 Å². The van der Waals surface area contributed by atoms with Crippen molar-refractivity contribution < 1.29 is 4.79 Å². The summed E-state index contributed by atoms with van der Waals surface area (Å²) in [7, 11) is 0. The van der Waals surface area contributed by atoms with Crippen LogP contribution in [0.5, 0.6) is 0 Å². The third-order valence-electron chi connectivity index (χ3n) is 2.61. The van der Waals surface area contributed by atoms with Gasteiger partial charge in [-0.25, -0.2) is 0 Å². The van der Waals surface area contributed by atoms with Crippen molar-refractivity contribution in [3.05, 3.63) is 46.0 Å². The van der Waals surface area contributed by atoms with E-state index in [1.54, 1.807) is 0 Å². The number of carbonyl (C=O) groups excluding carboxylic acids is 1. The molecule has 0 fully saturated rings. The molecule has 0 radical (unpaired) electrons. The van der Waals surface area contributed by atoms with Gasteiger partial charge in [0.2, 0.25) is 0 Å². The Morgan fingerprint density at radius 2 is 2.13 bits per heavy atom. The highest BCUT2D eigenvalue weighted by Crippen LogP contribution is 2.21. The van der Waals surface area contributed by atoms with E-state index >= 15 is 0 Å². The van der Waals surface area contributed by atoms with E-state index in [2.05, 4.69) is 28.1 Å². The Balaban J connectivity index is 2.11. The van der Waals surface area contributed by atoms with Gasteiger partial charge in [-0.1, -0.05) is 33.6 Å². The SMILES string of the molecule is O=C1C=C(Cc2cccc(Br)c2)CCC1. The molecule has 0 spiro atoms. The van der Waals surface area contributed by atoms with Crippen LogP contribution in [0.1, 0.15) is 24.8 Å². The predicted octanol–water partition coefficient (Wildman–Crippen LogP) is 3.67. The molecule has 0 bridgehead atoms. The highest BCUT2D eigenvalue weighted by Gasteiger charge is 2.10. The van der Waals surface area contributed by atoms with Crippen LogP contribution < -0.4 is 0 Å². The summed E-state index contributed by atoms with van der Waals surface area (Å²) in [6.07, 6.45) is 5.54. The lowest BCUT2D eigenvalue weighted by molar-refractivity contribution is -0.115. The third kappa shape index (κ3) is 3.03. The van der Waals surface area contributed by atoms with Gasteiger partial charge >= 0.3 is 0 Å². The fraction of sp³-hybridized carbons (Fsp3) is 0.308. The first-order chi connectivity index (χ1) is 7.24. The molecular formula is C13H13BrO. The molecule has 0 aromatic heterocycles. The zero-order valence-corrected chi connectivity index (χ0v) is 10.1. The van der Waals surface area contributed by atoms with Crippen LogP contribution in [0.4, 0.5) is 0 Å². The van der Waals surface area contributed by atoms with Crippen molar-refractivity contribution in [1.29, 1.82) is 0 Å². The minimum absolute atomic E-state index is 0.284. The first-order valence-electron chi connectivity index (χ1n) is 5.21. The van der Waals surface area contributed by atoms with E-state index in [0.29, 0.717) is 0 Å². The van der Waals surface area contributed by atoms with Crippen molar-refractivity contribution in [3.63, 3.8) is 0 Å². The third-order valence-corrected chi connectivity index (χ3v) is 3.10. The minimum atomic E-state index is 0.284. The van der Waals surface area contributed by atoms with Crippen molar-refractivity contribution in [2.24, 2.45) is 0 Å². The van der Waals surface area contributed by atoms with Crippen LogP contribution in [0.2, 0.25) is 0 Å². The van der Waals surface area contributed by atoms with E-state index in [1.807, 2.05) is 18.2 Å². The summed E-state index contributed by atoms with van der Waals surface area (Å²) in [5.41, 5.74) is 2.54. The number of ketones is 1. The van der Waals surface area contributed by atoms with Gasteiger partial charge in [0, 0.05) is 10.9 Å². The smallest absolute Gasteiger partial charge is 0.155 e. The summed E-state index contributed by atoms with van der Waals surface area (Å²) < 4.78 is 1.10. The molecule has 1 nitrogen and oxygen atoms in total. The Kier molecular flexibility index (Phi) is 3.37. The molecule has 1 aliphatic rings. The lowest BCUT2D eigenvalue weighted by atomic mass is 9.93. The number of benzene rings is 1. The van der Waals surface area contributed by atoms with Crippen LogP contribution in [-0.4, -0.2) is 5.78 Å². The molecule has 0 saturated carbocycles. The topological polar surface area (TPSA) is 17.1 Å². The number of hydrogen-bond donors (Lipinski definition) is 0. The van der Waals surface area contributed by atoms with E-state index in [9.17, 15) is 4.79 Å². The maximum absolute atomic E-state index is 11.2. The van der Waals surface area contributed by atoms with Gasteiger partial charge in [0.25, 0.3) is 0 Å². The van der Waals surface area contributed by atoms with E-state index in [-0.39, 0.29) is 5.78 Å². The number of hydrogen-bond acceptors (Lipinski definition) is 1. The molecule has 0 N–H and O–H groups in total. The number of rotatable bonds is 2. The summed E-state index contributed by atoms with van der Waals surface area (Å²) in [5, 5.41) is 0. The van der Waals surface area contributed by atoms with Gasteiger partial charge in [-0.2, -0.15) is 0 Å². The highest BCUT2D eigenvalue weighted by atomic mass is 79.9. The van der Waals surface area contributed by atoms with Gasteiger partial charge in [0.15, 0.2) is 5.78 Å². The molecular weight excluding hydrogens is 252 g/mol. The Morgan fingerprint density at radius 3 is 2.87 bits per heavy atom. The van der Waals surface area contributed by atoms with Crippen LogP contribution in [0.3, 0.4) is 0 Å². The van der Waals surface area contributed by atoms with Crippen molar-refractivity contribution in [2.75, 3.05) is 0 Å². The van der Waals surface area contributed by atoms with Crippen LogP contribution >= 0.6 is 15.9 Å². The molecule has 0 heterocycles. The molecule has 0 aliphatic heterocycles. The van der Waals surface area contributed by atoms with Crippen LogP contribution in [-0.2, 0) is 11.2 Å². The first-order valence-corrected chi connectivity index (χ1v) is 6.00. The normalized spacial score (nSPS) is 16.3. The van der Waals surface area contributed by atoms with Crippen LogP contribution in [0, 0.1) is 0 Å². The number of halogens is 1. The molecule has 0 amide bonds. The Bertz CT molecular complexity index is 407.